The van der Waals surface area contributed by atoms with Crippen molar-refractivity contribution >= 4 is 5.78 Å². The molecule has 0 aromatic heterocycles. The van der Waals surface area contributed by atoms with Crippen LogP contribution in [0, 0.1) is 23.7 Å². The van der Waals surface area contributed by atoms with Gasteiger partial charge in [-0.05, 0) is 49.9 Å². The number of carbonyl (C=O) groups is 1. The third-order valence-electron chi connectivity index (χ3n) is 6.48. The number of Topliss-reactive ketones (excluding diaryl/α,β-unsaturated/α-hetero) is 1. The van der Waals surface area contributed by atoms with E-state index in [0.29, 0.717) is 11.7 Å². The Morgan fingerprint density at radius 2 is 1.55 bits per heavy atom. The molecule has 0 heterocycles. The molecular weight excluding hydrogens is 268 g/mol. The first-order valence-electron chi connectivity index (χ1n) is 10.3. The van der Waals surface area contributed by atoms with Crippen molar-refractivity contribution in [3.8, 4) is 0 Å². The van der Waals surface area contributed by atoms with Crippen molar-refractivity contribution < 1.29 is 4.79 Å². The van der Waals surface area contributed by atoms with Crippen molar-refractivity contribution in [2.45, 2.75) is 104 Å². The molecule has 0 unspecified atom stereocenters. The SMILES string of the molecule is CCCCCC1CCC([C@H]2CCC(=O)[C@H](CCCC)C2)CC1. The predicted molar refractivity (Wildman–Crippen MR) is 95.0 cm³/mol. The number of hydrogen-bond acceptors (Lipinski definition) is 1. The highest BCUT2D eigenvalue weighted by Gasteiger charge is 2.34. The Kier molecular flexibility index (Phi) is 7.97. The molecule has 0 saturated heterocycles. The minimum atomic E-state index is 0.418. The lowest BCUT2D eigenvalue weighted by atomic mass is 9.67. The summed E-state index contributed by atoms with van der Waals surface area (Å²) < 4.78 is 0. The molecule has 0 N–H and O–H groups in total. The van der Waals surface area contributed by atoms with Gasteiger partial charge in [0.25, 0.3) is 0 Å². The second-order valence-corrected chi connectivity index (χ2v) is 8.12. The van der Waals surface area contributed by atoms with Gasteiger partial charge in [-0.1, -0.05) is 65.2 Å². The summed E-state index contributed by atoms with van der Waals surface area (Å²) in [5, 5.41) is 0. The lowest BCUT2D eigenvalue weighted by Crippen LogP contribution is -2.31. The van der Waals surface area contributed by atoms with Crippen LogP contribution in [0.5, 0.6) is 0 Å². The quantitative estimate of drug-likeness (QED) is 0.465. The van der Waals surface area contributed by atoms with Gasteiger partial charge in [-0.25, -0.2) is 0 Å². The molecule has 22 heavy (non-hydrogen) atoms. The Balaban J connectivity index is 1.72. The minimum Gasteiger partial charge on any atom is -0.299 e. The number of rotatable bonds is 8. The molecule has 0 aliphatic heterocycles. The molecule has 2 fully saturated rings. The van der Waals surface area contributed by atoms with E-state index in [0.717, 1.165) is 30.6 Å². The summed E-state index contributed by atoms with van der Waals surface area (Å²) in [6.45, 7) is 4.54. The van der Waals surface area contributed by atoms with Crippen LogP contribution in [0.4, 0.5) is 0 Å². The first kappa shape index (κ1) is 18.0. The van der Waals surface area contributed by atoms with Gasteiger partial charge in [0.2, 0.25) is 0 Å². The maximum Gasteiger partial charge on any atom is 0.135 e. The Hall–Kier alpha value is -0.330. The normalized spacial score (nSPS) is 33.1. The molecule has 0 aromatic carbocycles. The van der Waals surface area contributed by atoms with E-state index < -0.39 is 0 Å². The molecular formula is C21H38O. The first-order chi connectivity index (χ1) is 10.7. The molecule has 2 atom stereocenters. The summed E-state index contributed by atoms with van der Waals surface area (Å²) in [5.41, 5.74) is 0. The smallest absolute Gasteiger partial charge is 0.135 e. The van der Waals surface area contributed by atoms with Gasteiger partial charge in [0.05, 0.1) is 0 Å². The molecule has 0 spiro atoms. The van der Waals surface area contributed by atoms with E-state index in [1.54, 1.807) is 0 Å². The first-order valence-corrected chi connectivity index (χ1v) is 10.3. The second-order valence-electron chi connectivity index (χ2n) is 8.12. The van der Waals surface area contributed by atoms with Crippen LogP contribution >= 0.6 is 0 Å². The maximum atomic E-state index is 12.1. The third kappa shape index (κ3) is 5.39. The number of hydrogen-bond donors (Lipinski definition) is 0. The van der Waals surface area contributed by atoms with Gasteiger partial charge in [0.1, 0.15) is 5.78 Å². The summed E-state index contributed by atoms with van der Waals surface area (Å²) in [5.74, 6) is 3.83. The molecule has 0 amide bonds. The van der Waals surface area contributed by atoms with Crippen LogP contribution < -0.4 is 0 Å². The van der Waals surface area contributed by atoms with Gasteiger partial charge < -0.3 is 0 Å². The molecule has 2 saturated carbocycles. The van der Waals surface area contributed by atoms with Gasteiger partial charge in [-0.3, -0.25) is 4.79 Å². The Morgan fingerprint density at radius 1 is 0.818 bits per heavy atom. The second kappa shape index (κ2) is 9.73. The lowest BCUT2D eigenvalue weighted by molar-refractivity contribution is -0.126. The molecule has 1 nitrogen and oxygen atoms in total. The van der Waals surface area contributed by atoms with Gasteiger partial charge in [0.15, 0.2) is 0 Å². The summed E-state index contributed by atoms with van der Waals surface area (Å²) >= 11 is 0. The molecule has 128 valence electrons. The highest BCUT2D eigenvalue weighted by atomic mass is 16.1. The van der Waals surface area contributed by atoms with E-state index in [4.69, 9.17) is 0 Å². The molecule has 2 aliphatic rings. The number of carbonyl (C=O) groups excluding carboxylic acids is 1. The van der Waals surface area contributed by atoms with E-state index in [9.17, 15) is 4.79 Å². The zero-order chi connectivity index (χ0) is 15.8. The van der Waals surface area contributed by atoms with Gasteiger partial charge in [-0.2, -0.15) is 0 Å². The van der Waals surface area contributed by atoms with Crippen molar-refractivity contribution in [2.24, 2.45) is 23.7 Å². The molecule has 2 rings (SSSR count). The molecule has 0 aromatic rings. The zero-order valence-corrected chi connectivity index (χ0v) is 15.1. The summed E-state index contributed by atoms with van der Waals surface area (Å²) in [7, 11) is 0. The van der Waals surface area contributed by atoms with E-state index in [1.165, 1.54) is 77.0 Å². The van der Waals surface area contributed by atoms with Crippen molar-refractivity contribution in [2.75, 3.05) is 0 Å². The van der Waals surface area contributed by atoms with E-state index in [1.807, 2.05) is 0 Å². The fourth-order valence-electron chi connectivity index (χ4n) is 4.94. The molecule has 1 heteroatoms. The van der Waals surface area contributed by atoms with Crippen molar-refractivity contribution in [3.05, 3.63) is 0 Å². The highest BCUT2D eigenvalue weighted by molar-refractivity contribution is 5.81. The third-order valence-corrected chi connectivity index (χ3v) is 6.48. The largest absolute Gasteiger partial charge is 0.299 e. The van der Waals surface area contributed by atoms with Gasteiger partial charge in [-0.15, -0.1) is 0 Å². The van der Waals surface area contributed by atoms with Crippen molar-refractivity contribution in [1.29, 1.82) is 0 Å². The Bertz CT molecular complexity index is 314. The average Bonchev–Trinajstić information content (AvgIpc) is 2.55. The average molecular weight is 307 g/mol. The lowest BCUT2D eigenvalue weighted by Gasteiger charge is -2.38. The van der Waals surface area contributed by atoms with Gasteiger partial charge >= 0.3 is 0 Å². The highest BCUT2D eigenvalue weighted by Crippen LogP contribution is 2.42. The minimum absolute atomic E-state index is 0.418. The molecule has 2 aliphatic carbocycles. The number of ketones is 1. The van der Waals surface area contributed by atoms with Crippen LogP contribution in [0.25, 0.3) is 0 Å². The van der Waals surface area contributed by atoms with E-state index in [2.05, 4.69) is 13.8 Å². The topological polar surface area (TPSA) is 17.1 Å². The van der Waals surface area contributed by atoms with E-state index >= 15 is 0 Å². The fourth-order valence-corrected chi connectivity index (χ4v) is 4.94. The molecule has 0 radical (unpaired) electrons. The predicted octanol–water partition coefficient (Wildman–Crippen LogP) is 6.55. The summed E-state index contributed by atoms with van der Waals surface area (Å²) in [4.78, 5) is 12.1. The van der Waals surface area contributed by atoms with E-state index in [-0.39, 0.29) is 0 Å². The fraction of sp³-hybridized carbons (Fsp3) is 0.952. The molecule has 0 bridgehead atoms. The van der Waals surface area contributed by atoms with Crippen LogP contribution in [-0.2, 0) is 4.79 Å². The van der Waals surface area contributed by atoms with Crippen molar-refractivity contribution in [3.63, 3.8) is 0 Å². The van der Waals surface area contributed by atoms with Crippen LogP contribution in [-0.4, -0.2) is 5.78 Å². The van der Waals surface area contributed by atoms with Crippen LogP contribution in [0.15, 0.2) is 0 Å². The van der Waals surface area contributed by atoms with Crippen molar-refractivity contribution in [1.82, 2.24) is 0 Å². The number of unbranched alkanes of at least 4 members (excludes halogenated alkanes) is 3. The summed E-state index contributed by atoms with van der Waals surface area (Å²) in [6, 6.07) is 0. The van der Waals surface area contributed by atoms with Crippen LogP contribution in [0.2, 0.25) is 0 Å². The van der Waals surface area contributed by atoms with Gasteiger partial charge in [0, 0.05) is 12.3 Å². The van der Waals surface area contributed by atoms with Crippen LogP contribution in [0.1, 0.15) is 104 Å². The Morgan fingerprint density at radius 3 is 2.23 bits per heavy atom. The maximum absolute atomic E-state index is 12.1. The monoisotopic (exact) mass is 306 g/mol. The Labute approximate surface area is 138 Å². The standard InChI is InChI=1S/C21H38O/c1-3-5-7-8-17-10-12-18(13-11-17)19-14-15-21(22)20(16-19)9-6-4-2/h17-20H,3-16H2,1-2H3/t17?,18?,19-,20+/m0/s1. The summed E-state index contributed by atoms with van der Waals surface area (Å²) in [6.07, 6.45) is 18.5. The van der Waals surface area contributed by atoms with Crippen LogP contribution in [0.3, 0.4) is 0 Å². The zero-order valence-electron chi connectivity index (χ0n) is 15.1.